The third-order valence-corrected chi connectivity index (χ3v) is 4.21. The largest absolute Gasteiger partial charge is 0.433 e. The molecule has 2 aromatic rings. The van der Waals surface area contributed by atoms with Crippen molar-refractivity contribution in [3.8, 4) is 5.75 Å². The lowest BCUT2D eigenvalue weighted by Gasteiger charge is -2.16. The number of rotatable bonds is 5. The second kappa shape index (κ2) is 6.95. The Kier molecular flexibility index (Phi) is 5.20. The van der Waals surface area contributed by atoms with Gasteiger partial charge < -0.3 is 15.0 Å². The number of hydrogen-bond acceptors (Lipinski definition) is 4. The van der Waals surface area contributed by atoms with Crippen LogP contribution >= 0.6 is 11.3 Å². The zero-order chi connectivity index (χ0) is 17.1. The highest BCUT2D eigenvalue weighted by molar-refractivity contribution is 7.14. The molecule has 7 heteroatoms. The quantitative estimate of drug-likeness (QED) is 0.883. The SMILES string of the molecule is Cc1cc(OC(F)F)c(C(=O)Nc2ccc(N(C)C)c(C)c2)s1. The van der Waals surface area contributed by atoms with E-state index in [0.717, 1.165) is 27.5 Å². The Bertz CT molecular complexity index is 714. The van der Waals surface area contributed by atoms with Crippen LogP contribution in [-0.2, 0) is 0 Å². The molecule has 0 aliphatic rings. The number of halogens is 2. The zero-order valence-corrected chi connectivity index (χ0v) is 14.1. The van der Waals surface area contributed by atoms with Crippen LogP contribution in [0.4, 0.5) is 20.2 Å². The van der Waals surface area contributed by atoms with E-state index in [1.165, 1.54) is 6.07 Å². The Balaban J connectivity index is 2.21. The molecule has 2 rings (SSSR count). The maximum absolute atomic E-state index is 12.4. The summed E-state index contributed by atoms with van der Waals surface area (Å²) in [5.74, 6) is -0.558. The summed E-state index contributed by atoms with van der Waals surface area (Å²) in [7, 11) is 3.87. The van der Waals surface area contributed by atoms with Crippen molar-refractivity contribution in [3.63, 3.8) is 0 Å². The van der Waals surface area contributed by atoms with Crippen molar-refractivity contribution in [1.29, 1.82) is 0 Å². The monoisotopic (exact) mass is 340 g/mol. The standard InChI is InChI=1S/C16H18F2N2O2S/c1-9-7-11(5-6-12(9)20(3)4)19-15(21)14-13(22-16(17)18)8-10(2)23-14/h5-8,16H,1-4H3,(H,19,21). The predicted octanol–water partition coefficient (Wildman–Crippen LogP) is 4.28. The van der Waals surface area contributed by atoms with Crippen LogP contribution in [0.15, 0.2) is 24.3 Å². The smallest absolute Gasteiger partial charge is 0.387 e. The summed E-state index contributed by atoms with van der Waals surface area (Å²) in [5, 5.41) is 2.72. The number of carbonyl (C=O) groups excluding carboxylic acids is 1. The van der Waals surface area contributed by atoms with Gasteiger partial charge in [0.25, 0.3) is 5.91 Å². The van der Waals surface area contributed by atoms with Gasteiger partial charge in [0.1, 0.15) is 10.6 Å². The van der Waals surface area contributed by atoms with Crippen molar-refractivity contribution in [2.45, 2.75) is 20.5 Å². The van der Waals surface area contributed by atoms with Crippen LogP contribution in [0.25, 0.3) is 0 Å². The number of carbonyl (C=O) groups is 1. The first-order valence-corrected chi connectivity index (χ1v) is 7.74. The van der Waals surface area contributed by atoms with Crippen molar-refractivity contribution in [2.75, 3.05) is 24.3 Å². The van der Waals surface area contributed by atoms with E-state index in [-0.39, 0.29) is 10.6 Å². The number of benzene rings is 1. The van der Waals surface area contributed by atoms with Gasteiger partial charge in [0.2, 0.25) is 0 Å². The minimum Gasteiger partial charge on any atom is -0.433 e. The molecule has 0 aliphatic heterocycles. The normalized spacial score (nSPS) is 10.7. The van der Waals surface area contributed by atoms with E-state index in [2.05, 4.69) is 10.1 Å². The molecule has 0 radical (unpaired) electrons. The Morgan fingerprint density at radius 3 is 2.52 bits per heavy atom. The molecule has 0 atom stereocenters. The Morgan fingerprint density at radius 1 is 1.26 bits per heavy atom. The summed E-state index contributed by atoms with van der Waals surface area (Å²) in [6.07, 6.45) is 0. The number of hydrogen-bond donors (Lipinski definition) is 1. The lowest BCUT2D eigenvalue weighted by Crippen LogP contribution is -2.14. The Hall–Kier alpha value is -2.15. The summed E-state index contributed by atoms with van der Waals surface area (Å²) < 4.78 is 29.2. The van der Waals surface area contributed by atoms with Gasteiger partial charge in [0.15, 0.2) is 0 Å². The summed E-state index contributed by atoms with van der Waals surface area (Å²) in [6.45, 7) is 0.707. The molecule has 1 heterocycles. The van der Waals surface area contributed by atoms with Crippen molar-refractivity contribution in [2.24, 2.45) is 0 Å². The lowest BCUT2D eigenvalue weighted by atomic mass is 10.1. The van der Waals surface area contributed by atoms with E-state index < -0.39 is 12.5 Å². The molecule has 4 nitrogen and oxygen atoms in total. The van der Waals surface area contributed by atoms with E-state index >= 15 is 0 Å². The second-order valence-corrected chi connectivity index (χ2v) is 6.54. The third kappa shape index (κ3) is 4.19. The number of ether oxygens (including phenoxy) is 1. The molecule has 0 aliphatic carbocycles. The highest BCUT2D eigenvalue weighted by Crippen LogP contribution is 2.31. The van der Waals surface area contributed by atoms with Crippen LogP contribution in [0.1, 0.15) is 20.1 Å². The van der Waals surface area contributed by atoms with Gasteiger partial charge in [-0.25, -0.2) is 0 Å². The molecule has 1 N–H and O–H groups in total. The third-order valence-electron chi connectivity index (χ3n) is 3.18. The van der Waals surface area contributed by atoms with E-state index in [1.807, 2.05) is 38.1 Å². The Labute approximate surface area is 137 Å². The van der Waals surface area contributed by atoms with Gasteiger partial charge in [-0.2, -0.15) is 8.78 Å². The van der Waals surface area contributed by atoms with Gasteiger partial charge in [-0.1, -0.05) is 0 Å². The molecule has 1 amide bonds. The van der Waals surface area contributed by atoms with E-state index in [4.69, 9.17) is 0 Å². The van der Waals surface area contributed by atoms with Gasteiger partial charge in [0, 0.05) is 30.3 Å². The molecule has 0 unspecified atom stereocenters. The fourth-order valence-electron chi connectivity index (χ4n) is 2.26. The van der Waals surface area contributed by atoms with Crippen LogP contribution in [0, 0.1) is 13.8 Å². The minimum atomic E-state index is -2.96. The molecule has 0 fully saturated rings. The molecule has 23 heavy (non-hydrogen) atoms. The van der Waals surface area contributed by atoms with Gasteiger partial charge in [-0.3, -0.25) is 4.79 Å². The number of thiophene rings is 1. The summed E-state index contributed by atoms with van der Waals surface area (Å²) in [5.41, 5.74) is 2.64. The van der Waals surface area contributed by atoms with Crippen molar-refractivity contribution < 1.29 is 18.3 Å². The number of alkyl halides is 2. The first kappa shape index (κ1) is 17.2. The van der Waals surface area contributed by atoms with Gasteiger partial charge in [-0.15, -0.1) is 11.3 Å². The van der Waals surface area contributed by atoms with Crippen molar-refractivity contribution in [3.05, 3.63) is 39.6 Å². The van der Waals surface area contributed by atoms with Gasteiger partial charge in [0.05, 0.1) is 0 Å². The molecule has 0 spiro atoms. The minimum absolute atomic E-state index is 0.0957. The second-order valence-electron chi connectivity index (χ2n) is 5.28. The topological polar surface area (TPSA) is 41.6 Å². The predicted molar refractivity (Wildman–Crippen MR) is 89.1 cm³/mol. The zero-order valence-electron chi connectivity index (χ0n) is 13.3. The van der Waals surface area contributed by atoms with Crippen LogP contribution in [0.2, 0.25) is 0 Å². The lowest BCUT2D eigenvalue weighted by molar-refractivity contribution is -0.0498. The molecule has 0 bridgehead atoms. The molecular weight excluding hydrogens is 322 g/mol. The Morgan fingerprint density at radius 2 is 1.96 bits per heavy atom. The number of nitrogens with zero attached hydrogens (tertiary/aromatic N) is 1. The van der Waals surface area contributed by atoms with E-state index in [0.29, 0.717) is 5.69 Å². The average Bonchev–Trinajstić information content (AvgIpc) is 2.78. The fourth-order valence-corrected chi connectivity index (χ4v) is 3.09. The summed E-state index contributed by atoms with van der Waals surface area (Å²) in [4.78, 5) is 15.2. The maximum atomic E-state index is 12.4. The molecular formula is C16H18F2N2O2S. The van der Waals surface area contributed by atoms with Crippen molar-refractivity contribution >= 4 is 28.6 Å². The average molecular weight is 340 g/mol. The number of amides is 1. The van der Waals surface area contributed by atoms with Crippen LogP contribution < -0.4 is 15.0 Å². The van der Waals surface area contributed by atoms with Crippen LogP contribution in [0.5, 0.6) is 5.75 Å². The molecule has 0 saturated carbocycles. The van der Waals surface area contributed by atoms with Gasteiger partial charge >= 0.3 is 6.61 Å². The van der Waals surface area contributed by atoms with Crippen molar-refractivity contribution in [1.82, 2.24) is 0 Å². The molecule has 1 aromatic carbocycles. The maximum Gasteiger partial charge on any atom is 0.387 e. The van der Waals surface area contributed by atoms with E-state index in [1.54, 1.807) is 13.0 Å². The van der Waals surface area contributed by atoms with Crippen LogP contribution in [-0.4, -0.2) is 26.6 Å². The first-order chi connectivity index (χ1) is 10.8. The molecule has 1 aromatic heterocycles. The fraction of sp³-hybridized carbons (Fsp3) is 0.312. The molecule has 124 valence electrons. The van der Waals surface area contributed by atoms with Gasteiger partial charge in [-0.05, 0) is 43.7 Å². The summed E-state index contributed by atoms with van der Waals surface area (Å²) >= 11 is 1.12. The first-order valence-electron chi connectivity index (χ1n) is 6.92. The molecule has 0 saturated heterocycles. The highest BCUT2D eigenvalue weighted by Gasteiger charge is 2.19. The highest BCUT2D eigenvalue weighted by atomic mass is 32.1. The number of aryl methyl sites for hydroxylation is 2. The summed E-state index contributed by atoms with van der Waals surface area (Å²) in [6, 6.07) is 6.93. The van der Waals surface area contributed by atoms with E-state index in [9.17, 15) is 13.6 Å². The van der Waals surface area contributed by atoms with Crippen LogP contribution in [0.3, 0.4) is 0 Å². The number of nitrogens with one attached hydrogen (secondary N) is 1. The number of anilines is 2.